The van der Waals surface area contributed by atoms with E-state index in [0.717, 1.165) is 0 Å². The molecule has 1 nitrogen and oxygen atoms in total. The van der Waals surface area contributed by atoms with E-state index in [1.807, 2.05) is 0 Å². The van der Waals surface area contributed by atoms with Crippen molar-refractivity contribution in [2.45, 2.75) is 219 Å². The molecule has 0 N–H and O–H groups in total. The molecule has 0 atom stereocenters. The van der Waals surface area contributed by atoms with Crippen LogP contribution in [-0.4, -0.2) is 13.1 Å². The summed E-state index contributed by atoms with van der Waals surface area (Å²) in [5.41, 5.74) is 1.46. The van der Waals surface area contributed by atoms with Crippen molar-refractivity contribution in [3.8, 4) is 0 Å². The molecule has 0 spiro atoms. The number of hydrogen-bond donors (Lipinski definition) is 0. The smallest absolute Gasteiger partial charge is 0.0446 e. The lowest BCUT2D eigenvalue weighted by Crippen LogP contribution is -2.26. The van der Waals surface area contributed by atoms with Gasteiger partial charge in [0.2, 0.25) is 0 Å². The summed E-state index contributed by atoms with van der Waals surface area (Å²) in [4.78, 5) is 2.75. The van der Waals surface area contributed by atoms with Crippen molar-refractivity contribution in [3.63, 3.8) is 0 Å². The molecule has 288 valence electrons. The summed E-state index contributed by atoms with van der Waals surface area (Å²) < 4.78 is 0. The minimum atomic E-state index is 1.20. The maximum absolute atomic E-state index is 2.75. The van der Waals surface area contributed by atoms with Crippen molar-refractivity contribution in [2.75, 3.05) is 18.0 Å². The molecule has 3 aromatic carbocycles. The normalized spacial score (nSPS) is 11.6. The molecule has 0 aliphatic heterocycles. The van der Waals surface area contributed by atoms with E-state index in [9.17, 15) is 0 Å². The lowest BCUT2D eigenvalue weighted by Gasteiger charge is -2.27. The zero-order valence-corrected chi connectivity index (χ0v) is 34.2. The summed E-state index contributed by atoms with van der Waals surface area (Å²) in [6.45, 7) is 7.02. The maximum atomic E-state index is 2.75. The zero-order chi connectivity index (χ0) is 35.9. The zero-order valence-electron chi connectivity index (χ0n) is 34.2. The number of anilines is 1. The standard InChI is InChI=1S/C50H83N/c1-3-5-7-9-11-13-15-17-19-21-23-25-27-29-31-35-42-51(50-41-37-40-48-44-46-38-33-34-39-47(46)45-49(48)50)43-36-32-30-28-26-24-22-20-18-16-14-12-10-8-6-4-2/h33-34,37-41,44-45H,3-32,35-36,42-43H2,1-2H3. The third-order valence-corrected chi connectivity index (χ3v) is 11.6. The monoisotopic (exact) mass is 698 g/mol. The summed E-state index contributed by atoms with van der Waals surface area (Å²) in [5.74, 6) is 0. The van der Waals surface area contributed by atoms with Gasteiger partial charge in [0.05, 0.1) is 0 Å². The van der Waals surface area contributed by atoms with Gasteiger partial charge in [0.25, 0.3) is 0 Å². The van der Waals surface area contributed by atoms with E-state index in [0.29, 0.717) is 0 Å². The van der Waals surface area contributed by atoms with Gasteiger partial charge in [0.1, 0.15) is 0 Å². The summed E-state index contributed by atoms with van der Waals surface area (Å²) in [5, 5.41) is 5.53. The van der Waals surface area contributed by atoms with Crippen molar-refractivity contribution in [1.29, 1.82) is 0 Å². The number of fused-ring (bicyclic) bond motifs is 2. The summed E-state index contributed by atoms with van der Waals surface area (Å²) in [6, 6.07) is 20.7. The second-order valence-corrected chi connectivity index (χ2v) is 16.3. The Morgan fingerprint density at radius 1 is 0.314 bits per heavy atom. The highest BCUT2D eigenvalue weighted by Crippen LogP contribution is 2.31. The molecule has 0 radical (unpaired) electrons. The minimum absolute atomic E-state index is 1.20. The second-order valence-electron chi connectivity index (χ2n) is 16.3. The fourth-order valence-electron chi connectivity index (χ4n) is 8.28. The lowest BCUT2D eigenvalue weighted by atomic mass is 10.0. The summed E-state index contributed by atoms with van der Waals surface area (Å²) >= 11 is 0. The number of unbranched alkanes of at least 4 members (excludes halogenated alkanes) is 30. The van der Waals surface area contributed by atoms with Gasteiger partial charge in [0.15, 0.2) is 0 Å². The van der Waals surface area contributed by atoms with E-state index in [1.54, 1.807) is 0 Å². The van der Waals surface area contributed by atoms with E-state index in [-0.39, 0.29) is 0 Å². The first-order valence-corrected chi connectivity index (χ1v) is 23.0. The summed E-state index contributed by atoms with van der Waals surface area (Å²) in [7, 11) is 0. The van der Waals surface area contributed by atoms with Crippen LogP contribution >= 0.6 is 0 Å². The highest BCUT2D eigenvalue weighted by atomic mass is 15.1. The molecule has 0 bridgehead atoms. The predicted molar refractivity (Wildman–Crippen MR) is 233 cm³/mol. The van der Waals surface area contributed by atoms with E-state index >= 15 is 0 Å². The molecule has 3 rings (SSSR count). The van der Waals surface area contributed by atoms with Crippen LogP contribution in [0.2, 0.25) is 0 Å². The van der Waals surface area contributed by atoms with Gasteiger partial charge in [-0.1, -0.05) is 243 Å². The van der Waals surface area contributed by atoms with Gasteiger partial charge in [-0.15, -0.1) is 0 Å². The minimum Gasteiger partial charge on any atom is -0.371 e. The molecule has 0 saturated heterocycles. The van der Waals surface area contributed by atoms with Crippen LogP contribution in [-0.2, 0) is 0 Å². The highest BCUT2D eigenvalue weighted by molar-refractivity contribution is 6.03. The Morgan fingerprint density at radius 3 is 1.00 bits per heavy atom. The largest absolute Gasteiger partial charge is 0.371 e. The summed E-state index contributed by atoms with van der Waals surface area (Å²) in [6.07, 6.45) is 45.8. The SMILES string of the molecule is CCCCCCCCCCCCCCCCCCN(CCCCCCCCCCCCCCCCCC)c1cccc2cc3ccccc3cc12. The van der Waals surface area contributed by atoms with Crippen LogP contribution in [0.3, 0.4) is 0 Å². The molecule has 0 aliphatic carbocycles. The Morgan fingerprint density at radius 2 is 0.627 bits per heavy atom. The number of hydrogen-bond acceptors (Lipinski definition) is 1. The fourth-order valence-corrected chi connectivity index (χ4v) is 8.28. The van der Waals surface area contributed by atoms with Gasteiger partial charge in [-0.25, -0.2) is 0 Å². The molecule has 0 amide bonds. The van der Waals surface area contributed by atoms with Crippen LogP contribution in [0.15, 0.2) is 54.6 Å². The van der Waals surface area contributed by atoms with Gasteiger partial charge in [-0.3, -0.25) is 0 Å². The molecule has 0 heterocycles. The molecule has 3 aromatic rings. The van der Waals surface area contributed by atoms with Gasteiger partial charge in [0, 0.05) is 24.2 Å². The Hall–Kier alpha value is -2.02. The Kier molecular flexibility index (Phi) is 25.9. The van der Waals surface area contributed by atoms with Crippen LogP contribution in [0.25, 0.3) is 21.5 Å². The van der Waals surface area contributed by atoms with Gasteiger partial charge in [-0.2, -0.15) is 0 Å². The molecule has 0 aliphatic rings. The van der Waals surface area contributed by atoms with Crippen molar-refractivity contribution < 1.29 is 0 Å². The van der Waals surface area contributed by atoms with E-state index in [2.05, 4.69) is 73.3 Å². The molecule has 0 saturated carbocycles. The molecule has 1 heteroatoms. The third kappa shape index (κ3) is 20.1. The number of benzene rings is 3. The highest BCUT2D eigenvalue weighted by Gasteiger charge is 2.11. The van der Waals surface area contributed by atoms with Crippen LogP contribution in [0.5, 0.6) is 0 Å². The van der Waals surface area contributed by atoms with Gasteiger partial charge in [-0.05, 0) is 47.2 Å². The van der Waals surface area contributed by atoms with Crippen molar-refractivity contribution in [1.82, 2.24) is 0 Å². The predicted octanol–water partition coefficient (Wildman–Crippen LogP) is 17.3. The van der Waals surface area contributed by atoms with Crippen molar-refractivity contribution in [3.05, 3.63) is 54.6 Å². The molecule has 0 aromatic heterocycles. The molecule has 51 heavy (non-hydrogen) atoms. The number of nitrogens with zero attached hydrogens (tertiary/aromatic N) is 1. The third-order valence-electron chi connectivity index (χ3n) is 11.6. The second kappa shape index (κ2) is 30.4. The molecule has 0 fully saturated rings. The van der Waals surface area contributed by atoms with E-state index in [4.69, 9.17) is 0 Å². The van der Waals surface area contributed by atoms with Crippen molar-refractivity contribution >= 4 is 27.2 Å². The molecule has 0 unspecified atom stereocenters. The Balaban J connectivity index is 1.31. The maximum Gasteiger partial charge on any atom is 0.0446 e. The molecular formula is C50H83N. The molecular weight excluding hydrogens is 615 g/mol. The lowest BCUT2D eigenvalue weighted by molar-refractivity contribution is 0.524. The van der Waals surface area contributed by atoms with Crippen LogP contribution in [0.4, 0.5) is 5.69 Å². The quantitative estimate of drug-likeness (QED) is 0.0437. The van der Waals surface area contributed by atoms with E-state index in [1.165, 1.54) is 246 Å². The Labute approximate surface area is 318 Å². The van der Waals surface area contributed by atoms with Crippen LogP contribution in [0, 0.1) is 0 Å². The average molecular weight is 698 g/mol. The van der Waals surface area contributed by atoms with Gasteiger partial charge >= 0.3 is 0 Å². The van der Waals surface area contributed by atoms with Gasteiger partial charge < -0.3 is 4.90 Å². The van der Waals surface area contributed by atoms with Crippen molar-refractivity contribution in [2.24, 2.45) is 0 Å². The average Bonchev–Trinajstić information content (AvgIpc) is 3.15. The first kappa shape index (κ1) is 43.4. The first-order chi connectivity index (χ1) is 25.3. The van der Waals surface area contributed by atoms with E-state index < -0.39 is 0 Å². The van der Waals surface area contributed by atoms with Crippen LogP contribution in [0.1, 0.15) is 219 Å². The first-order valence-electron chi connectivity index (χ1n) is 23.0. The fraction of sp³-hybridized carbons (Fsp3) is 0.720. The van der Waals surface area contributed by atoms with Crippen LogP contribution < -0.4 is 4.90 Å². The topological polar surface area (TPSA) is 3.24 Å². The number of rotatable bonds is 35. The Bertz CT molecular complexity index is 1180.